The maximum Gasteiger partial charge on any atom is 0.258 e. The topological polar surface area (TPSA) is 56.1 Å². The Balaban J connectivity index is 1.91. The summed E-state index contributed by atoms with van der Waals surface area (Å²) in [6.45, 7) is 3.68. The highest BCUT2D eigenvalue weighted by molar-refractivity contribution is 9.10. The second-order valence-corrected chi connectivity index (χ2v) is 5.82. The molecule has 5 nitrogen and oxygen atoms in total. The average molecular weight is 370 g/mol. The van der Waals surface area contributed by atoms with Crippen molar-refractivity contribution in [3.63, 3.8) is 0 Å². The van der Waals surface area contributed by atoms with Crippen LogP contribution in [0.1, 0.15) is 24.2 Å². The van der Waals surface area contributed by atoms with Crippen LogP contribution in [-0.2, 0) is 11.8 Å². The molecule has 7 heteroatoms. The maximum absolute atomic E-state index is 13.0. The van der Waals surface area contributed by atoms with E-state index in [-0.39, 0.29) is 24.4 Å². The van der Waals surface area contributed by atoms with Gasteiger partial charge in [0, 0.05) is 18.3 Å². The predicted octanol–water partition coefficient (Wildman–Crippen LogP) is 2.89. The molecule has 118 valence electrons. The average Bonchev–Trinajstić information content (AvgIpc) is 2.78. The number of hydrogen-bond donors (Lipinski definition) is 1. The largest absolute Gasteiger partial charge is 0.483 e. The summed E-state index contributed by atoms with van der Waals surface area (Å²) < 4.78 is 20.6. The number of benzene rings is 1. The van der Waals surface area contributed by atoms with Gasteiger partial charge >= 0.3 is 0 Å². The molecule has 1 aromatic carbocycles. The third kappa shape index (κ3) is 3.85. The first-order valence-corrected chi connectivity index (χ1v) is 7.53. The molecule has 1 unspecified atom stereocenters. The molecule has 1 amide bonds. The Hall–Kier alpha value is -1.89. The highest BCUT2D eigenvalue weighted by Gasteiger charge is 2.15. The molecule has 2 rings (SSSR count). The fourth-order valence-corrected chi connectivity index (χ4v) is 2.50. The summed E-state index contributed by atoms with van der Waals surface area (Å²) in [5.41, 5.74) is 1.95. The zero-order valence-electron chi connectivity index (χ0n) is 12.6. The number of ether oxygens (including phenoxy) is 1. The van der Waals surface area contributed by atoms with Crippen LogP contribution < -0.4 is 10.1 Å². The Labute approximate surface area is 136 Å². The summed E-state index contributed by atoms with van der Waals surface area (Å²) in [7, 11) is 1.85. The van der Waals surface area contributed by atoms with E-state index in [9.17, 15) is 9.18 Å². The molecule has 1 aromatic heterocycles. The SMILES string of the molecule is Cc1c(C(C)NC(=O)COc2ccc(F)cc2Br)cnn1C. The lowest BCUT2D eigenvalue weighted by Gasteiger charge is -2.14. The minimum Gasteiger partial charge on any atom is -0.483 e. The molecule has 22 heavy (non-hydrogen) atoms. The van der Waals surface area contributed by atoms with Crippen LogP contribution in [0.25, 0.3) is 0 Å². The lowest BCUT2D eigenvalue weighted by atomic mass is 10.1. The van der Waals surface area contributed by atoms with Crippen molar-refractivity contribution < 1.29 is 13.9 Å². The number of amides is 1. The molecule has 0 fully saturated rings. The van der Waals surface area contributed by atoms with Crippen LogP contribution in [0.4, 0.5) is 4.39 Å². The lowest BCUT2D eigenvalue weighted by Crippen LogP contribution is -2.31. The smallest absolute Gasteiger partial charge is 0.258 e. The van der Waals surface area contributed by atoms with Crippen molar-refractivity contribution in [2.75, 3.05) is 6.61 Å². The summed E-state index contributed by atoms with van der Waals surface area (Å²) in [6.07, 6.45) is 1.73. The quantitative estimate of drug-likeness (QED) is 0.881. The van der Waals surface area contributed by atoms with Crippen molar-refractivity contribution in [2.24, 2.45) is 7.05 Å². The van der Waals surface area contributed by atoms with Gasteiger partial charge in [0.1, 0.15) is 11.6 Å². The molecule has 0 aliphatic rings. The first kappa shape index (κ1) is 16.5. The van der Waals surface area contributed by atoms with Crippen molar-refractivity contribution in [2.45, 2.75) is 19.9 Å². The van der Waals surface area contributed by atoms with Crippen LogP contribution >= 0.6 is 15.9 Å². The molecule has 1 N–H and O–H groups in total. The van der Waals surface area contributed by atoms with Crippen molar-refractivity contribution in [3.8, 4) is 5.75 Å². The number of nitrogens with zero attached hydrogens (tertiary/aromatic N) is 2. The molecule has 1 atom stereocenters. The van der Waals surface area contributed by atoms with E-state index in [1.807, 2.05) is 20.9 Å². The summed E-state index contributed by atoms with van der Waals surface area (Å²) in [5.74, 6) is -0.210. The van der Waals surface area contributed by atoms with E-state index < -0.39 is 0 Å². The fourth-order valence-electron chi connectivity index (χ4n) is 2.04. The van der Waals surface area contributed by atoms with Crippen LogP contribution in [0.3, 0.4) is 0 Å². The van der Waals surface area contributed by atoms with Gasteiger partial charge in [0.15, 0.2) is 6.61 Å². The van der Waals surface area contributed by atoms with Gasteiger partial charge in [0.05, 0.1) is 16.7 Å². The first-order chi connectivity index (χ1) is 10.4. The molecule has 2 aromatic rings. The third-order valence-corrected chi connectivity index (χ3v) is 3.99. The van der Waals surface area contributed by atoms with Gasteiger partial charge in [0.25, 0.3) is 5.91 Å². The Kier molecular flexibility index (Phi) is 5.18. The van der Waals surface area contributed by atoms with Gasteiger partial charge < -0.3 is 10.1 Å². The highest BCUT2D eigenvalue weighted by Crippen LogP contribution is 2.25. The van der Waals surface area contributed by atoms with Crippen molar-refractivity contribution in [1.29, 1.82) is 0 Å². The number of nitrogens with one attached hydrogen (secondary N) is 1. The van der Waals surface area contributed by atoms with Gasteiger partial charge in [-0.2, -0.15) is 5.10 Å². The van der Waals surface area contributed by atoms with E-state index in [1.165, 1.54) is 18.2 Å². The monoisotopic (exact) mass is 369 g/mol. The Morgan fingerprint density at radius 1 is 1.55 bits per heavy atom. The summed E-state index contributed by atoms with van der Waals surface area (Å²) in [6, 6.07) is 3.87. The minimum atomic E-state index is -0.371. The van der Waals surface area contributed by atoms with Gasteiger partial charge in [-0.05, 0) is 48.0 Å². The van der Waals surface area contributed by atoms with Gasteiger partial charge in [0.2, 0.25) is 0 Å². The van der Waals surface area contributed by atoms with Crippen molar-refractivity contribution >= 4 is 21.8 Å². The normalized spacial score (nSPS) is 12.0. The third-order valence-electron chi connectivity index (χ3n) is 3.37. The summed E-state index contributed by atoms with van der Waals surface area (Å²) in [5, 5.41) is 7.00. The van der Waals surface area contributed by atoms with Crippen molar-refractivity contribution in [3.05, 3.63) is 45.9 Å². The number of rotatable bonds is 5. The first-order valence-electron chi connectivity index (χ1n) is 6.74. The number of carbonyl (C=O) groups excluding carboxylic acids is 1. The number of carbonyl (C=O) groups is 1. The van der Waals surface area contributed by atoms with Gasteiger partial charge in [-0.25, -0.2) is 4.39 Å². The predicted molar refractivity (Wildman–Crippen MR) is 84.1 cm³/mol. The second kappa shape index (κ2) is 6.91. The summed E-state index contributed by atoms with van der Waals surface area (Å²) >= 11 is 3.19. The van der Waals surface area contributed by atoms with Crippen molar-refractivity contribution in [1.82, 2.24) is 15.1 Å². The zero-order valence-corrected chi connectivity index (χ0v) is 14.1. The molecule has 0 saturated heterocycles. The molecular formula is C15H17BrFN3O2. The van der Waals surface area contributed by atoms with Gasteiger partial charge in [-0.1, -0.05) is 0 Å². The molecule has 0 bridgehead atoms. The summed E-state index contributed by atoms with van der Waals surface area (Å²) in [4.78, 5) is 11.9. The van der Waals surface area contributed by atoms with E-state index >= 15 is 0 Å². The van der Waals surface area contributed by atoms with Gasteiger partial charge in [-0.15, -0.1) is 0 Å². The maximum atomic E-state index is 13.0. The molecule has 0 spiro atoms. The number of aryl methyl sites for hydroxylation is 1. The molecule has 1 heterocycles. The Bertz CT molecular complexity index is 687. The molecule has 0 saturated carbocycles. The highest BCUT2D eigenvalue weighted by atomic mass is 79.9. The van der Waals surface area contributed by atoms with Crippen LogP contribution in [-0.4, -0.2) is 22.3 Å². The van der Waals surface area contributed by atoms with Crippen LogP contribution in [0.2, 0.25) is 0 Å². The standard InChI is InChI=1S/C15H17BrFN3O2/c1-9(12-7-18-20(3)10(12)2)19-15(21)8-22-14-5-4-11(17)6-13(14)16/h4-7,9H,8H2,1-3H3,(H,19,21). The number of hydrogen-bond acceptors (Lipinski definition) is 3. The van der Waals surface area contributed by atoms with E-state index in [2.05, 4.69) is 26.3 Å². The zero-order chi connectivity index (χ0) is 16.3. The molecule has 0 aliphatic heterocycles. The molecular weight excluding hydrogens is 353 g/mol. The van der Waals surface area contributed by atoms with Crippen LogP contribution in [0.15, 0.2) is 28.9 Å². The molecule has 0 aliphatic carbocycles. The number of halogens is 2. The van der Waals surface area contributed by atoms with E-state index in [1.54, 1.807) is 10.9 Å². The van der Waals surface area contributed by atoms with E-state index in [0.29, 0.717) is 10.2 Å². The van der Waals surface area contributed by atoms with E-state index in [4.69, 9.17) is 4.74 Å². The van der Waals surface area contributed by atoms with Crippen LogP contribution in [0, 0.1) is 12.7 Å². The number of aromatic nitrogens is 2. The van der Waals surface area contributed by atoms with E-state index in [0.717, 1.165) is 11.3 Å². The minimum absolute atomic E-state index is 0.145. The van der Waals surface area contributed by atoms with Gasteiger partial charge in [-0.3, -0.25) is 9.48 Å². The Morgan fingerprint density at radius 3 is 2.86 bits per heavy atom. The van der Waals surface area contributed by atoms with Crippen LogP contribution in [0.5, 0.6) is 5.75 Å². The lowest BCUT2D eigenvalue weighted by molar-refractivity contribution is -0.123. The molecule has 0 radical (unpaired) electrons. The second-order valence-electron chi connectivity index (χ2n) is 4.96. The fraction of sp³-hybridized carbons (Fsp3) is 0.333. The Morgan fingerprint density at radius 2 is 2.27 bits per heavy atom.